The summed E-state index contributed by atoms with van der Waals surface area (Å²) in [7, 11) is 0. The van der Waals surface area contributed by atoms with E-state index < -0.39 is 5.41 Å². The first-order chi connectivity index (χ1) is 7.60. The first-order valence-electron chi connectivity index (χ1n) is 5.34. The number of hydrogen-bond donors (Lipinski definition) is 1. The highest BCUT2D eigenvalue weighted by Crippen LogP contribution is 2.50. The van der Waals surface area contributed by atoms with Crippen LogP contribution >= 0.6 is 23.2 Å². The Balaban J connectivity index is 2.33. The van der Waals surface area contributed by atoms with Crippen molar-refractivity contribution in [1.82, 2.24) is 5.32 Å². The van der Waals surface area contributed by atoms with Gasteiger partial charge in [-0.25, -0.2) is 0 Å². The monoisotopic (exact) mass is 257 g/mol. The molecule has 1 fully saturated rings. The second-order valence-corrected chi connectivity index (χ2v) is 4.91. The predicted octanol–water partition coefficient (Wildman–Crippen LogP) is 3.16. The molecule has 0 bridgehead atoms. The third kappa shape index (κ3) is 1.92. The van der Waals surface area contributed by atoms with Crippen molar-refractivity contribution in [3.63, 3.8) is 0 Å². The largest absolute Gasteiger partial charge is 0.356 e. The number of likely N-dealkylation sites (N-methyl/N-ethyl adjacent to an activating group) is 1. The van der Waals surface area contributed by atoms with E-state index in [0.717, 1.165) is 18.4 Å². The third-order valence-electron chi connectivity index (χ3n) is 2.97. The lowest BCUT2D eigenvalue weighted by Gasteiger charge is -2.16. The van der Waals surface area contributed by atoms with Crippen LogP contribution in [0.3, 0.4) is 0 Å². The average molecular weight is 258 g/mol. The molecule has 0 saturated heterocycles. The summed E-state index contributed by atoms with van der Waals surface area (Å²) in [5, 5.41) is 4.04. The minimum atomic E-state index is -0.405. The van der Waals surface area contributed by atoms with E-state index in [4.69, 9.17) is 23.2 Å². The molecule has 0 spiro atoms. The van der Waals surface area contributed by atoms with Crippen LogP contribution in [-0.2, 0) is 10.2 Å². The van der Waals surface area contributed by atoms with Gasteiger partial charge in [-0.3, -0.25) is 4.79 Å². The molecule has 86 valence electrons. The highest BCUT2D eigenvalue weighted by atomic mass is 35.5. The molecule has 1 N–H and O–H groups in total. The summed E-state index contributed by atoms with van der Waals surface area (Å²) in [4.78, 5) is 12.0. The fraction of sp³-hybridized carbons (Fsp3) is 0.417. The summed E-state index contributed by atoms with van der Waals surface area (Å²) >= 11 is 12.0. The molecule has 0 unspecified atom stereocenters. The number of benzene rings is 1. The van der Waals surface area contributed by atoms with Gasteiger partial charge in [-0.2, -0.15) is 0 Å². The average Bonchev–Trinajstić information content (AvgIpc) is 2.99. The Hall–Kier alpha value is -0.730. The maximum Gasteiger partial charge on any atom is 0.230 e. The minimum absolute atomic E-state index is 0.0687. The van der Waals surface area contributed by atoms with Crippen LogP contribution in [0, 0.1) is 0 Å². The van der Waals surface area contributed by atoms with Crippen LogP contribution in [0.1, 0.15) is 25.3 Å². The molecule has 1 aromatic rings. The van der Waals surface area contributed by atoms with Crippen LogP contribution < -0.4 is 5.32 Å². The van der Waals surface area contributed by atoms with Crippen molar-refractivity contribution in [2.24, 2.45) is 0 Å². The number of carbonyl (C=O) groups excluding carboxylic acids is 1. The van der Waals surface area contributed by atoms with E-state index in [1.807, 2.05) is 13.0 Å². The molecule has 4 heteroatoms. The molecule has 1 aromatic carbocycles. The molecule has 0 aromatic heterocycles. The molecule has 1 aliphatic rings. The quantitative estimate of drug-likeness (QED) is 0.886. The SMILES string of the molecule is CCNC(=O)C1(c2ccc(Cl)cc2Cl)CC1. The van der Waals surface area contributed by atoms with Gasteiger partial charge in [-0.1, -0.05) is 29.3 Å². The molecule has 2 nitrogen and oxygen atoms in total. The van der Waals surface area contributed by atoms with E-state index in [2.05, 4.69) is 5.32 Å². The molecule has 1 aliphatic carbocycles. The van der Waals surface area contributed by atoms with Crippen molar-refractivity contribution >= 4 is 29.1 Å². The maximum absolute atomic E-state index is 12.0. The van der Waals surface area contributed by atoms with Gasteiger partial charge in [0.2, 0.25) is 5.91 Å². The van der Waals surface area contributed by atoms with E-state index in [0.29, 0.717) is 16.6 Å². The van der Waals surface area contributed by atoms with E-state index >= 15 is 0 Å². The maximum atomic E-state index is 12.0. The van der Waals surface area contributed by atoms with Crippen LogP contribution in [0.5, 0.6) is 0 Å². The first-order valence-corrected chi connectivity index (χ1v) is 6.09. The number of hydrogen-bond acceptors (Lipinski definition) is 1. The molecule has 0 radical (unpaired) electrons. The van der Waals surface area contributed by atoms with Gasteiger partial charge in [0.1, 0.15) is 0 Å². The second-order valence-electron chi connectivity index (χ2n) is 4.07. The first kappa shape index (κ1) is 11.7. The second kappa shape index (κ2) is 4.27. The normalized spacial score (nSPS) is 16.9. The van der Waals surface area contributed by atoms with Crippen molar-refractivity contribution in [1.29, 1.82) is 0 Å². The number of nitrogens with one attached hydrogen (secondary N) is 1. The molecule has 0 heterocycles. The Morgan fingerprint density at radius 1 is 1.44 bits per heavy atom. The molecule has 1 amide bonds. The lowest BCUT2D eigenvalue weighted by atomic mass is 9.95. The van der Waals surface area contributed by atoms with E-state index in [1.54, 1.807) is 12.1 Å². The number of amides is 1. The summed E-state index contributed by atoms with van der Waals surface area (Å²) in [5.41, 5.74) is 0.488. The van der Waals surface area contributed by atoms with Crippen LogP contribution in [0.15, 0.2) is 18.2 Å². The van der Waals surface area contributed by atoms with Gasteiger partial charge in [-0.15, -0.1) is 0 Å². The minimum Gasteiger partial charge on any atom is -0.356 e. The molecular weight excluding hydrogens is 245 g/mol. The zero-order chi connectivity index (χ0) is 11.8. The Morgan fingerprint density at radius 2 is 2.12 bits per heavy atom. The van der Waals surface area contributed by atoms with Crippen molar-refractivity contribution < 1.29 is 4.79 Å². The van der Waals surface area contributed by atoms with Crippen molar-refractivity contribution in [2.45, 2.75) is 25.2 Å². The van der Waals surface area contributed by atoms with Crippen molar-refractivity contribution in [3.8, 4) is 0 Å². The standard InChI is InChI=1S/C12H13Cl2NO/c1-2-15-11(16)12(5-6-12)9-4-3-8(13)7-10(9)14/h3-4,7H,2,5-6H2,1H3,(H,15,16). The molecule has 1 saturated carbocycles. The van der Waals surface area contributed by atoms with Gasteiger partial charge in [0.05, 0.1) is 5.41 Å². The van der Waals surface area contributed by atoms with Gasteiger partial charge in [-0.05, 0) is 37.5 Å². The van der Waals surface area contributed by atoms with Crippen LogP contribution in [0.2, 0.25) is 10.0 Å². The number of rotatable bonds is 3. The van der Waals surface area contributed by atoms with E-state index in [1.165, 1.54) is 0 Å². The highest BCUT2D eigenvalue weighted by Gasteiger charge is 2.52. The Morgan fingerprint density at radius 3 is 2.62 bits per heavy atom. The van der Waals surface area contributed by atoms with Gasteiger partial charge >= 0.3 is 0 Å². The zero-order valence-corrected chi connectivity index (χ0v) is 10.5. The molecule has 0 aliphatic heterocycles. The van der Waals surface area contributed by atoms with Gasteiger partial charge in [0.25, 0.3) is 0 Å². The summed E-state index contributed by atoms with van der Waals surface area (Å²) in [6, 6.07) is 5.33. The van der Waals surface area contributed by atoms with Gasteiger partial charge in [0, 0.05) is 16.6 Å². The summed E-state index contributed by atoms with van der Waals surface area (Å²) in [6.07, 6.45) is 1.72. The lowest BCUT2D eigenvalue weighted by molar-refractivity contribution is -0.123. The predicted molar refractivity (Wildman–Crippen MR) is 66.1 cm³/mol. The van der Waals surface area contributed by atoms with Crippen LogP contribution in [0.4, 0.5) is 0 Å². The van der Waals surface area contributed by atoms with Gasteiger partial charge in [0.15, 0.2) is 0 Å². The molecular formula is C12H13Cl2NO. The summed E-state index contributed by atoms with van der Waals surface area (Å²) in [5.74, 6) is 0.0687. The smallest absolute Gasteiger partial charge is 0.230 e. The van der Waals surface area contributed by atoms with Crippen LogP contribution in [0.25, 0.3) is 0 Å². The Labute approximate surface area is 105 Å². The Kier molecular flexibility index (Phi) is 3.13. The topological polar surface area (TPSA) is 29.1 Å². The van der Waals surface area contributed by atoms with Gasteiger partial charge < -0.3 is 5.32 Å². The fourth-order valence-electron chi connectivity index (χ4n) is 1.95. The lowest BCUT2D eigenvalue weighted by Crippen LogP contribution is -2.34. The van der Waals surface area contributed by atoms with Crippen molar-refractivity contribution in [3.05, 3.63) is 33.8 Å². The number of carbonyl (C=O) groups is 1. The molecule has 0 atom stereocenters. The summed E-state index contributed by atoms with van der Waals surface area (Å²) in [6.45, 7) is 2.56. The fourth-order valence-corrected chi connectivity index (χ4v) is 2.54. The number of halogens is 2. The van der Waals surface area contributed by atoms with E-state index in [9.17, 15) is 4.79 Å². The third-order valence-corrected chi connectivity index (χ3v) is 3.52. The summed E-state index contributed by atoms with van der Waals surface area (Å²) < 4.78 is 0. The zero-order valence-electron chi connectivity index (χ0n) is 9.02. The molecule has 2 rings (SSSR count). The Bertz CT molecular complexity index is 427. The molecule has 16 heavy (non-hydrogen) atoms. The van der Waals surface area contributed by atoms with Crippen molar-refractivity contribution in [2.75, 3.05) is 6.54 Å². The highest BCUT2D eigenvalue weighted by molar-refractivity contribution is 6.35. The van der Waals surface area contributed by atoms with E-state index in [-0.39, 0.29) is 5.91 Å². The van der Waals surface area contributed by atoms with Crippen LogP contribution in [-0.4, -0.2) is 12.5 Å².